The molecular formula is C29H30N4O5S. The molecule has 0 aliphatic carbocycles. The summed E-state index contributed by atoms with van der Waals surface area (Å²) >= 11 is 1.37. The minimum Gasteiger partial charge on any atom is -0.465 e. The number of ether oxygens (including phenoxy) is 1. The lowest BCUT2D eigenvalue weighted by Crippen LogP contribution is -2.48. The molecule has 0 fully saturated rings. The number of pyridine rings is 1. The van der Waals surface area contributed by atoms with Gasteiger partial charge in [0.2, 0.25) is 0 Å². The topological polar surface area (TPSA) is 134 Å². The lowest BCUT2D eigenvalue weighted by atomic mass is 9.93. The molecule has 2 aromatic carbocycles. The monoisotopic (exact) mass is 546 g/mol. The minimum atomic E-state index is -1.19. The van der Waals surface area contributed by atoms with Crippen molar-refractivity contribution in [1.29, 1.82) is 0 Å². The number of amides is 2. The number of alkyl carbamates (subject to hydrolysis) is 1. The zero-order valence-corrected chi connectivity index (χ0v) is 22.0. The van der Waals surface area contributed by atoms with E-state index in [1.165, 1.54) is 11.3 Å². The van der Waals surface area contributed by atoms with Crippen LogP contribution in [0.3, 0.4) is 0 Å². The second kappa shape index (κ2) is 14.0. The van der Waals surface area contributed by atoms with Gasteiger partial charge in [0.1, 0.15) is 6.61 Å². The van der Waals surface area contributed by atoms with Crippen LogP contribution in [0.25, 0.3) is 11.3 Å². The first-order chi connectivity index (χ1) is 19.0. The van der Waals surface area contributed by atoms with Crippen LogP contribution in [0.5, 0.6) is 0 Å². The summed E-state index contributed by atoms with van der Waals surface area (Å²) < 4.78 is 5.31. The predicted molar refractivity (Wildman–Crippen MR) is 148 cm³/mol. The molecule has 39 heavy (non-hydrogen) atoms. The number of nitrogens with zero attached hydrogens (tertiary/aromatic N) is 2. The van der Waals surface area contributed by atoms with Crippen molar-refractivity contribution < 1.29 is 24.5 Å². The van der Waals surface area contributed by atoms with Crippen LogP contribution in [0, 0.1) is 0 Å². The zero-order chi connectivity index (χ0) is 27.5. The van der Waals surface area contributed by atoms with Crippen molar-refractivity contribution in [3.05, 3.63) is 107 Å². The van der Waals surface area contributed by atoms with Gasteiger partial charge in [-0.15, -0.1) is 11.3 Å². The zero-order valence-electron chi connectivity index (χ0n) is 21.1. The predicted octanol–water partition coefficient (Wildman–Crippen LogP) is 4.67. The maximum absolute atomic E-state index is 12.6. The van der Waals surface area contributed by atoms with Crippen molar-refractivity contribution in [2.24, 2.45) is 0 Å². The number of hydrogen-bond donors (Lipinski definition) is 4. The van der Waals surface area contributed by atoms with Gasteiger partial charge in [0, 0.05) is 24.0 Å². The number of nitrogens with one attached hydrogen (secondary N) is 2. The molecule has 0 aliphatic heterocycles. The fourth-order valence-corrected chi connectivity index (χ4v) is 4.75. The molecule has 9 nitrogen and oxygen atoms in total. The molecule has 0 bridgehead atoms. The molecule has 4 rings (SSSR count). The van der Waals surface area contributed by atoms with Crippen LogP contribution in [0.2, 0.25) is 0 Å². The molecule has 0 saturated carbocycles. The Labute approximate surface area is 230 Å². The first kappa shape index (κ1) is 27.7. The summed E-state index contributed by atoms with van der Waals surface area (Å²) in [5.41, 5.74) is 5.26. The number of benzene rings is 2. The molecule has 202 valence electrons. The number of carbonyl (C=O) groups is 2. The summed E-state index contributed by atoms with van der Waals surface area (Å²) in [6, 6.07) is 21.6. The summed E-state index contributed by atoms with van der Waals surface area (Å²) in [6.45, 7) is 0.0718. The normalized spacial score (nSPS) is 13.2. The van der Waals surface area contributed by atoms with Crippen molar-refractivity contribution in [2.45, 2.75) is 44.1 Å². The van der Waals surface area contributed by atoms with Crippen molar-refractivity contribution in [3.63, 3.8) is 0 Å². The van der Waals surface area contributed by atoms with Crippen LogP contribution in [-0.4, -0.2) is 50.6 Å². The molecule has 2 aromatic heterocycles. The van der Waals surface area contributed by atoms with Gasteiger partial charge < -0.3 is 25.6 Å². The van der Waals surface area contributed by atoms with Gasteiger partial charge in [0.25, 0.3) is 0 Å². The summed E-state index contributed by atoms with van der Waals surface area (Å²) in [7, 11) is 0. The lowest BCUT2D eigenvalue weighted by Gasteiger charge is -2.27. The van der Waals surface area contributed by atoms with E-state index < -0.39 is 30.4 Å². The third kappa shape index (κ3) is 8.91. The van der Waals surface area contributed by atoms with Crippen LogP contribution in [0.15, 0.2) is 90.7 Å². The Kier molecular flexibility index (Phi) is 9.98. The minimum absolute atomic E-state index is 0.0718. The number of carboxylic acid groups (broad SMARTS) is 1. The average Bonchev–Trinajstić information content (AvgIpc) is 3.46. The molecule has 0 spiro atoms. The quantitative estimate of drug-likeness (QED) is 0.203. The highest BCUT2D eigenvalue weighted by atomic mass is 32.1. The summed E-state index contributed by atoms with van der Waals surface area (Å²) in [5.74, 6) is 0. The highest BCUT2D eigenvalue weighted by Gasteiger charge is 2.27. The van der Waals surface area contributed by atoms with E-state index in [1.807, 2.05) is 72.8 Å². The standard InChI is InChI=1S/C29H30N4O5S/c34-27(26(15-20-6-2-1-3-7-20)33-29(37)38-18-24-17-30-19-39-24)16-23(32-28(35)36)14-21-9-11-22(12-10-21)25-8-4-5-13-31-25/h1-13,17,19,23,26-27,32,34H,14-16,18H2,(H,33,37)(H,35,36)/t23-,26-,27-/m0/s1. The van der Waals surface area contributed by atoms with Crippen molar-refractivity contribution >= 4 is 23.5 Å². The number of carbonyl (C=O) groups excluding carboxylic acids is 1. The van der Waals surface area contributed by atoms with E-state index in [-0.39, 0.29) is 13.0 Å². The van der Waals surface area contributed by atoms with Crippen LogP contribution in [-0.2, 0) is 24.2 Å². The van der Waals surface area contributed by atoms with Crippen LogP contribution in [0.4, 0.5) is 9.59 Å². The first-order valence-corrected chi connectivity index (χ1v) is 13.4. The SMILES string of the molecule is O=C(O)N[C@@H](Cc1ccc(-c2ccccn2)cc1)C[C@H](O)[C@H](Cc1ccccc1)NC(=O)OCc1cncs1. The van der Waals surface area contributed by atoms with Crippen molar-refractivity contribution in [2.75, 3.05) is 0 Å². The Bertz CT molecular complexity index is 1300. The largest absolute Gasteiger partial charge is 0.465 e. The summed E-state index contributed by atoms with van der Waals surface area (Å²) in [6.07, 6.45) is 1.23. The maximum atomic E-state index is 12.6. The molecule has 0 unspecified atom stereocenters. The fraction of sp³-hybridized carbons (Fsp3) is 0.241. The van der Waals surface area contributed by atoms with Gasteiger partial charge in [0.05, 0.1) is 28.2 Å². The number of hydrogen-bond acceptors (Lipinski definition) is 7. The van der Waals surface area contributed by atoms with E-state index in [4.69, 9.17) is 4.74 Å². The van der Waals surface area contributed by atoms with E-state index in [9.17, 15) is 19.8 Å². The van der Waals surface area contributed by atoms with Gasteiger partial charge in [-0.25, -0.2) is 9.59 Å². The van der Waals surface area contributed by atoms with Crippen LogP contribution >= 0.6 is 11.3 Å². The molecule has 2 amide bonds. The highest BCUT2D eigenvalue weighted by molar-refractivity contribution is 7.09. The molecule has 3 atom stereocenters. The summed E-state index contributed by atoms with van der Waals surface area (Å²) in [5, 5.41) is 25.9. The third-order valence-corrected chi connectivity index (χ3v) is 6.90. The van der Waals surface area contributed by atoms with Gasteiger partial charge in [-0.2, -0.15) is 0 Å². The first-order valence-electron chi connectivity index (χ1n) is 12.5. The number of aliphatic hydroxyl groups excluding tert-OH is 1. The third-order valence-electron chi connectivity index (χ3n) is 6.15. The molecule has 0 saturated heterocycles. The van der Waals surface area contributed by atoms with Crippen molar-refractivity contribution in [1.82, 2.24) is 20.6 Å². The summed E-state index contributed by atoms with van der Waals surface area (Å²) in [4.78, 5) is 33.2. The van der Waals surface area contributed by atoms with Gasteiger partial charge in [-0.1, -0.05) is 60.7 Å². The van der Waals surface area contributed by atoms with E-state index in [0.29, 0.717) is 12.8 Å². The Morgan fingerprint density at radius 1 is 0.923 bits per heavy atom. The Morgan fingerprint density at radius 2 is 1.67 bits per heavy atom. The van der Waals surface area contributed by atoms with Crippen molar-refractivity contribution in [3.8, 4) is 11.3 Å². The Hall–Kier alpha value is -4.28. The van der Waals surface area contributed by atoms with Gasteiger partial charge in [0.15, 0.2) is 0 Å². The number of thiazole rings is 1. The Balaban J connectivity index is 1.43. The number of aliphatic hydroxyl groups is 1. The van der Waals surface area contributed by atoms with Crippen LogP contribution < -0.4 is 10.6 Å². The highest BCUT2D eigenvalue weighted by Crippen LogP contribution is 2.19. The van der Waals surface area contributed by atoms with E-state index in [1.54, 1.807) is 17.9 Å². The number of aromatic nitrogens is 2. The molecule has 2 heterocycles. The Morgan fingerprint density at radius 3 is 2.33 bits per heavy atom. The second-order valence-electron chi connectivity index (χ2n) is 9.05. The fourth-order valence-electron chi connectivity index (χ4n) is 4.25. The average molecular weight is 547 g/mol. The molecule has 4 aromatic rings. The molecule has 0 aliphatic rings. The second-order valence-corrected chi connectivity index (χ2v) is 10.0. The van der Waals surface area contributed by atoms with Gasteiger partial charge in [-0.05, 0) is 42.5 Å². The van der Waals surface area contributed by atoms with E-state index in [2.05, 4.69) is 20.6 Å². The van der Waals surface area contributed by atoms with Gasteiger partial charge in [-0.3, -0.25) is 9.97 Å². The van der Waals surface area contributed by atoms with E-state index >= 15 is 0 Å². The molecular weight excluding hydrogens is 516 g/mol. The van der Waals surface area contributed by atoms with Crippen LogP contribution in [0.1, 0.15) is 22.4 Å². The molecule has 10 heteroatoms. The smallest absolute Gasteiger partial charge is 0.407 e. The van der Waals surface area contributed by atoms with Gasteiger partial charge >= 0.3 is 12.2 Å². The lowest BCUT2D eigenvalue weighted by molar-refractivity contribution is 0.0890. The molecule has 0 radical (unpaired) electrons. The number of rotatable bonds is 12. The maximum Gasteiger partial charge on any atom is 0.407 e. The van der Waals surface area contributed by atoms with E-state index in [0.717, 1.165) is 27.3 Å². The molecule has 4 N–H and O–H groups in total.